The van der Waals surface area contributed by atoms with Crippen molar-refractivity contribution in [2.24, 2.45) is 0 Å². The summed E-state index contributed by atoms with van der Waals surface area (Å²) in [6.07, 6.45) is 0. The summed E-state index contributed by atoms with van der Waals surface area (Å²) < 4.78 is 1.89. The second kappa shape index (κ2) is 5.33. The highest BCUT2D eigenvalue weighted by atomic mass is 35.5. The van der Waals surface area contributed by atoms with E-state index in [4.69, 9.17) is 16.9 Å². The van der Waals surface area contributed by atoms with Crippen molar-refractivity contribution in [1.29, 1.82) is 5.26 Å². The molecule has 1 aromatic rings. The van der Waals surface area contributed by atoms with Crippen LogP contribution in [0.3, 0.4) is 0 Å². The van der Waals surface area contributed by atoms with Crippen LogP contribution in [0.15, 0.2) is 0 Å². The summed E-state index contributed by atoms with van der Waals surface area (Å²) in [5.41, 5.74) is 1.82. The number of rotatable bonds is 4. The van der Waals surface area contributed by atoms with Gasteiger partial charge in [-0.1, -0.05) is 11.6 Å². The zero-order chi connectivity index (χ0) is 12.3. The number of aromatic nitrogens is 2. The number of nitriles is 1. The van der Waals surface area contributed by atoms with Gasteiger partial charge in [-0.15, -0.1) is 0 Å². The predicted molar refractivity (Wildman–Crippen MR) is 64.2 cm³/mol. The normalized spacial score (nSPS) is 12.8. The maximum Gasteiger partial charge on any atom is 0.0950 e. The average Bonchev–Trinajstić information content (AvgIpc) is 2.55. The van der Waals surface area contributed by atoms with Crippen molar-refractivity contribution in [3.63, 3.8) is 0 Å². The smallest absolute Gasteiger partial charge is 0.0950 e. The first-order chi connectivity index (χ1) is 7.51. The van der Waals surface area contributed by atoms with Crippen LogP contribution < -0.4 is 0 Å². The van der Waals surface area contributed by atoms with Crippen molar-refractivity contribution in [1.82, 2.24) is 14.7 Å². The highest BCUT2D eigenvalue weighted by molar-refractivity contribution is 6.31. The van der Waals surface area contributed by atoms with Gasteiger partial charge in [0, 0.05) is 13.1 Å². The summed E-state index contributed by atoms with van der Waals surface area (Å²) >= 11 is 6.19. The molecule has 0 fully saturated rings. The molecular formula is C11H17ClN4. The summed E-state index contributed by atoms with van der Waals surface area (Å²) in [5.74, 6) is 0. The predicted octanol–water partition coefficient (Wildman–Crippen LogP) is 2.21. The molecule has 0 aliphatic rings. The van der Waals surface area contributed by atoms with Gasteiger partial charge in [0.25, 0.3) is 0 Å². The van der Waals surface area contributed by atoms with E-state index in [1.54, 1.807) is 0 Å². The van der Waals surface area contributed by atoms with Crippen LogP contribution in [-0.2, 0) is 13.1 Å². The molecule has 1 aromatic heterocycles. The monoisotopic (exact) mass is 240 g/mol. The van der Waals surface area contributed by atoms with Gasteiger partial charge in [-0.25, -0.2) is 0 Å². The Labute approximate surface area is 101 Å². The third kappa shape index (κ3) is 2.55. The van der Waals surface area contributed by atoms with Crippen molar-refractivity contribution in [3.8, 4) is 6.07 Å². The van der Waals surface area contributed by atoms with Gasteiger partial charge in [-0.3, -0.25) is 9.58 Å². The number of nitrogens with zero attached hydrogens (tertiary/aromatic N) is 4. The zero-order valence-electron chi connectivity index (χ0n) is 10.2. The van der Waals surface area contributed by atoms with Crippen molar-refractivity contribution in [2.45, 2.75) is 39.9 Å². The Kier molecular flexibility index (Phi) is 4.34. The molecule has 0 aliphatic carbocycles. The van der Waals surface area contributed by atoms with E-state index in [0.29, 0.717) is 11.6 Å². The largest absolute Gasteiger partial charge is 0.285 e. The van der Waals surface area contributed by atoms with Gasteiger partial charge in [0.2, 0.25) is 0 Å². The van der Waals surface area contributed by atoms with E-state index in [1.165, 1.54) is 0 Å². The molecule has 0 N–H and O–H groups in total. The van der Waals surface area contributed by atoms with E-state index in [0.717, 1.165) is 17.9 Å². The Balaban J connectivity index is 2.92. The summed E-state index contributed by atoms with van der Waals surface area (Å²) in [6.45, 7) is 7.22. The minimum atomic E-state index is -0.128. The molecule has 0 amide bonds. The summed E-state index contributed by atoms with van der Waals surface area (Å²) in [5, 5.41) is 13.9. The Bertz CT molecular complexity index is 405. The van der Waals surface area contributed by atoms with Crippen LogP contribution in [0.4, 0.5) is 0 Å². The molecule has 4 nitrogen and oxygen atoms in total. The summed E-state index contributed by atoms with van der Waals surface area (Å²) in [7, 11) is 1.91. The maximum atomic E-state index is 8.84. The van der Waals surface area contributed by atoms with Crippen LogP contribution in [0.2, 0.25) is 5.02 Å². The van der Waals surface area contributed by atoms with E-state index in [9.17, 15) is 0 Å². The summed E-state index contributed by atoms with van der Waals surface area (Å²) in [6, 6.07) is 2.07. The number of hydrogen-bond donors (Lipinski definition) is 0. The molecule has 88 valence electrons. The molecule has 0 saturated heterocycles. The fourth-order valence-corrected chi connectivity index (χ4v) is 1.69. The molecule has 5 heteroatoms. The van der Waals surface area contributed by atoms with Crippen molar-refractivity contribution in [3.05, 3.63) is 16.4 Å². The quantitative estimate of drug-likeness (QED) is 0.811. The van der Waals surface area contributed by atoms with Crippen molar-refractivity contribution in [2.75, 3.05) is 7.05 Å². The Morgan fingerprint density at radius 2 is 2.25 bits per heavy atom. The molecule has 0 bridgehead atoms. The van der Waals surface area contributed by atoms with Crippen LogP contribution in [0.1, 0.15) is 25.2 Å². The van der Waals surface area contributed by atoms with Gasteiger partial charge in [0.05, 0.1) is 28.5 Å². The van der Waals surface area contributed by atoms with Gasteiger partial charge in [0.15, 0.2) is 0 Å². The zero-order valence-corrected chi connectivity index (χ0v) is 10.9. The molecule has 1 rings (SSSR count). The van der Waals surface area contributed by atoms with E-state index in [2.05, 4.69) is 11.2 Å². The fraction of sp³-hybridized carbons (Fsp3) is 0.636. The first kappa shape index (κ1) is 13.0. The lowest BCUT2D eigenvalue weighted by molar-refractivity contribution is 0.284. The highest BCUT2D eigenvalue weighted by Gasteiger charge is 2.16. The molecule has 0 aliphatic heterocycles. The topological polar surface area (TPSA) is 44.9 Å². The van der Waals surface area contributed by atoms with Crippen LogP contribution in [0, 0.1) is 18.3 Å². The fourth-order valence-electron chi connectivity index (χ4n) is 1.49. The van der Waals surface area contributed by atoms with Gasteiger partial charge < -0.3 is 0 Å². The van der Waals surface area contributed by atoms with Crippen LogP contribution in [-0.4, -0.2) is 27.8 Å². The highest BCUT2D eigenvalue weighted by Crippen LogP contribution is 2.21. The molecule has 0 radical (unpaired) electrons. The van der Waals surface area contributed by atoms with E-state index in [1.807, 2.05) is 37.4 Å². The minimum Gasteiger partial charge on any atom is -0.285 e. The second-order valence-electron chi connectivity index (χ2n) is 3.88. The number of hydrogen-bond acceptors (Lipinski definition) is 3. The van der Waals surface area contributed by atoms with E-state index >= 15 is 0 Å². The first-order valence-electron chi connectivity index (χ1n) is 5.32. The molecule has 1 heterocycles. The Hall–Kier alpha value is -1.05. The maximum absolute atomic E-state index is 8.84. The lowest BCUT2D eigenvalue weighted by Gasteiger charge is -2.19. The molecule has 0 spiro atoms. The molecule has 0 aromatic carbocycles. The third-order valence-corrected chi connectivity index (χ3v) is 3.19. The SMILES string of the molecule is CCn1nc(C)c(Cl)c1CN(C)C(C)C#N. The number of halogens is 1. The van der Waals surface area contributed by atoms with Crippen LogP contribution in [0.25, 0.3) is 0 Å². The Morgan fingerprint density at radius 3 is 2.75 bits per heavy atom. The molecule has 1 unspecified atom stereocenters. The first-order valence-corrected chi connectivity index (χ1v) is 5.70. The molecule has 0 saturated carbocycles. The Morgan fingerprint density at radius 1 is 1.62 bits per heavy atom. The lowest BCUT2D eigenvalue weighted by Crippen LogP contribution is -2.28. The number of aryl methyl sites for hydroxylation is 2. The standard InChI is InChI=1S/C11H17ClN4/c1-5-16-10(11(12)9(3)14-16)7-15(4)8(2)6-13/h8H,5,7H2,1-4H3. The second-order valence-corrected chi connectivity index (χ2v) is 4.26. The van der Waals surface area contributed by atoms with E-state index < -0.39 is 0 Å². The third-order valence-electron chi connectivity index (χ3n) is 2.70. The van der Waals surface area contributed by atoms with E-state index in [-0.39, 0.29) is 6.04 Å². The molecular weight excluding hydrogens is 224 g/mol. The van der Waals surface area contributed by atoms with Crippen LogP contribution >= 0.6 is 11.6 Å². The average molecular weight is 241 g/mol. The van der Waals surface area contributed by atoms with Gasteiger partial charge in [-0.05, 0) is 27.8 Å². The van der Waals surface area contributed by atoms with Crippen LogP contribution in [0.5, 0.6) is 0 Å². The van der Waals surface area contributed by atoms with Crippen molar-refractivity contribution >= 4 is 11.6 Å². The van der Waals surface area contributed by atoms with Gasteiger partial charge in [-0.2, -0.15) is 10.4 Å². The molecule has 1 atom stereocenters. The van der Waals surface area contributed by atoms with Gasteiger partial charge in [0.1, 0.15) is 0 Å². The van der Waals surface area contributed by atoms with Crippen molar-refractivity contribution < 1.29 is 0 Å². The van der Waals surface area contributed by atoms with Gasteiger partial charge >= 0.3 is 0 Å². The molecule has 16 heavy (non-hydrogen) atoms. The minimum absolute atomic E-state index is 0.128. The summed E-state index contributed by atoms with van der Waals surface area (Å²) in [4.78, 5) is 1.95. The lowest BCUT2D eigenvalue weighted by atomic mass is 10.3.